The first-order valence-corrected chi connectivity index (χ1v) is 4.64. The molecule has 1 rings (SSSR count). The smallest absolute Gasteiger partial charge is 0.343 e. The highest BCUT2D eigenvalue weighted by molar-refractivity contribution is 6.32. The zero-order valence-corrected chi connectivity index (χ0v) is 8.95. The molecule has 0 saturated carbocycles. The zero-order chi connectivity index (χ0) is 11.3. The van der Waals surface area contributed by atoms with Gasteiger partial charge in [0.1, 0.15) is 5.75 Å². The van der Waals surface area contributed by atoms with Crippen LogP contribution in [0, 0.1) is 0 Å². The number of aliphatic hydroxyl groups excluding tert-OH is 1. The zero-order valence-electron chi connectivity index (χ0n) is 8.20. The van der Waals surface area contributed by atoms with Crippen LogP contribution in [0.2, 0.25) is 5.02 Å². The van der Waals surface area contributed by atoms with Gasteiger partial charge in [0.2, 0.25) is 0 Å². The van der Waals surface area contributed by atoms with Gasteiger partial charge in [0, 0.05) is 0 Å². The van der Waals surface area contributed by atoms with E-state index in [1.165, 1.54) is 7.11 Å². The van der Waals surface area contributed by atoms with Crippen molar-refractivity contribution in [3.05, 3.63) is 28.8 Å². The van der Waals surface area contributed by atoms with Crippen LogP contribution in [0.4, 0.5) is 0 Å². The summed E-state index contributed by atoms with van der Waals surface area (Å²) in [6.07, 6.45) is 0. The Hall–Kier alpha value is -1.26. The van der Waals surface area contributed by atoms with Crippen molar-refractivity contribution in [1.82, 2.24) is 0 Å². The number of rotatable bonds is 4. The quantitative estimate of drug-likeness (QED) is 0.794. The highest BCUT2D eigenvalue weighted by Crippen LogP contribution is 2.25. The molecule has 0 atom stereocenters. The number of hydrogen-bond donors (Lipinski definition) is 1. The third-order valence-corrected chi connectivity index (χ3v) is 2.05. The Morgan fingerprint density at radius 3 is 2.80 bits per heavy atom. The molecule has 1 N–H and O–H groups in total. The second-order valence-corrected chi connectivity index (χ2v) is 3.19. The third kappa shape index (κ3) is 3.42. The second-order valence-electron chi connectivity index (χ2n) is 2.79. The highest BCUT2D eigenvalue weighted by atomic mass is 35.5. The summed E-state index contributed by atoms with van der Waals surface area (Å²) < 4.78 is 9.51. The molecule has 15 heavy (non-hydrogen) atoms. The molecule has 0 saturated heterocycles. The molecular weight excluding hydrogens is 220 g/mol. The molecule has 0 heterocycles. The minimum Gasteiger partial charge on any atom is -0.480 e. The second kappa shape index (κ2) is 5.58. The van der Waals surface area contributed by atoms with Gasteiger partial charge in [0.05, 0.1) is 18.7 Å². The van der Waals surface area contributed by atoms with Crippen molar-refractivity contribution in [2.75, 3.05) is 13.7 Å². The van der Waals surface area contributed by atoms with Crippen LogP contribution in [0.1, 0.15) is 5.56 Å². The molecule has 0 aliphatic rings. The summed E-state index contributed by atoms with van der Waals surface area (Å²) in [6.45, 7) is -0.272. The maximum absolute atomic E-state index is 10.8. The molecule has 0 fully saturated rings. The lowest BCUT2D eigenvalue weighted by atomic mass is 10.2. The molecule has 4 nitrogen and oxygen atoms in total. The van der Waals surface area contributed by atoms with Gasteiger partial charge in [-0.15, -0.1) is 0 Å². The van der Waals surface area contributed by atoms with E-state index in [0.29, 0.717) is 16.3 Å². The summed E-state index contributed by atoms with van der Waals surface area (Å²) in [5.74, 6) is -0.0865. The number of halogens is 1. The first-order chi connectivity index (χ1) is 7.17. The summed E-state index contributed by atoms with van der Waals surface area (Å²) in [4.78, 5) is 10.8. The lowest BCUT2D eigenvalue weighted by Crippen LogP contribution is -2.12. The van der Waals surface area contributed by atoms with E-state index in [2.05, 4.69) is 4.74 Å². The third-order valence-electron chi connectivity index (χ3n) is 1.75. The Bertz CT molecular complexity index is 351. The Kier molecular flexibility index (Phi) is 4.39. The van der Waals surface area contributed by atoms with Crippen molar-refractivity contribution >= 4 is 17.6 Å². The summed E-state index contributed by atoms with van der Waals surface area (Å²) >= 11 is 5.85. The predicted octanol–water partition coefficient (Wildman–Crippen LogP) is 1.38. The van der Waals surface area contributed by atoms with Gasteiger partial charge in [0.15, 0.2) is 6.61 Å². The van der Waals surface area contributed by atoms with Gasteiger partial charge in [-0.1, -0.05) is 17.7 Å². The van der Waals surface area contributed by atoms with Crippen LogP contribution in [-0.2, 0) is 16.1 Å². The predicted molar refractivity (Wildman–Crippen MR) is 54.9 cm³/mol. The maximum atomic E-state index is 10.8. The molecular formula is C10H11ClO4. The van der Waals surface area contributed by atoms with Crippen LogP contribution in [0.15, 0.2) is 18.2 Å². The van der Waals surface area contributed by atoms with Crippen molar-refractivity contribution in [2.24, 2.45) is 0 Å². The lowest BCUT2D eigenvalue weighted by Gasteiger charge is -2.07. The number of esters is 1. The number of methoxy groups -OCH3 is 1. The first-order valence-electron chi connectivity index (χ1n) is 4.26. The van der Waals surface area contributed by atoms with Crippen molar-refractivity contribution < 1.29 is 19.4 Å². The lowest BCUT2D eigenvalue weighted by molar-refractivity contribution is -0.142. The Morgan fingerprint density at radius 1 is 1.53 bits per heavy atom. The molecule has 0 radical (unpaired) electrons. The van der Waals surface area contributed by atoms with E-state index in [1.807, 2.05) is 0 Å². The van der Waals surface area contributed by atoms with E-state index in [4.69, 9.17) is 21.4 Å². The fraction of sp³-hybridized carbons (Fsp3) is 0.300. The van der Waals surface area contributed by atoms with Crippen molar-refractivity contribution in [3.8, 4) is 5.75 Å². The van der Waals surface area contributed by atoms with Gasteiger partial charge in [-0.2, -0.15) is 0 Å². The van der Waals surface area contributed by atoms with E-state index >= 15 is 0 Å². The number of carbonyl (C=O) groups excluding carboxylic acids is 1. The van der Waals surface area contributed by atoms with Crippen molar-refractivity contribution in [1.29, 1.82) is 0 Å². The van der Waals surface area contributed by atoms with Crippen LogP contribution < -0.4 is 4.74 Å². The van der Waals surface area contributed by atoms with Gasteiger partial charge >= 0.3 is 5.97 Å². The van der Waals surface area contributed by atoms with E-state index in [0.717, 1.165) is 0 Å². The number of ether oxygens (including phenoxy) is 2. The minimum atomic E-state index is -0.475. The normalized spacial score (nSPS) is 9.80. The minimum absolute atomic E-state index is 0.0863. The van der Waals surface area contributed by atoms with Crippen molar-refractivity contribution in [2.45, 2.75) is 6.61 Å². The monoisotopic (exact) mass is 230 g/mol. The van der Waals surface area contributed by atoms with E-state index < -0.39 is 5.97 Å². The van der Waals surface area contributed by atoms with Crippen LogP contribution >= 0.6 is 11.6 Å². The Balaban J connectivity index is 2.66. The molecule has 1 aromatic rings. The molecule has 0 aromatic heterocycles. The molecule has 0 bridgehead atoms. The number of carbonyl (C=O) groups is 1. The fourth-order valence-corrected chi connectivity index (χ4v) is 1.21. The van der Waals surface area contributed by atoms with Crippen LogP contribution in [0.3, 0.4) is 0 Å². The molecule has 1 aromatic carbocycles. The summed E-state index contributed by atoms with van der Waals surface area (Å²) in [5.41, 5.74) is 0.686. The Morgan fingerprint density at radius 2 is 2.27 bits per heavy atom. The van der Waals surface area contributed by atoms with Gasteiger partial charge < -0.3 is 14.6 Å². The molecule has 0 aliphatic carbocycles. The molecule has 82 valence electrons. The van der Waals surface area contributed by atoms with Gasteiger partial charge in [-0.25, -0.2) is 4.79 Å². The highest BCUT2D eigenvalue weighted by Gasteiger charge is 2.06. The standard InChI is InChI=1S/C10H11ClO4/c1-14-10(13)6-15-9-3-2-7(5-12)4-8(9)11/h2-4,12H,5-6H2,1H3. The molecule has 0 aliphatic heterocycles. The molecule has 5 heteroatoms. The SMILES string of the molecule is COC(=O)COc1ccc(CO)cc1Cl. The van der Waals surface area contributed by atoms with Gasteiger partial charge in [-0.05, 0) is 17.7 Å². The van der Waals surface area contributed by atoms with Crippen molar-refractivity contribution in [3.63, 3.8) is 0 Å². The van der Waals surface area contributed by atoms with E-state index in [1.54, 1.807) is 18.2 Å². The van der Waals surface area contributed by atoms with E-state index in [9.17, 15) is 4.79 Å². The number of hydrogen-bond acceptors (Lipinski definition) is 4. The van der Waals surface area contributed by atoms with Crippen LogP contribution in [0.5, 0.6) is 5.75 Å². The first kappa shape index (κ1) is 11.8. The molecule has 0 amide bonds. The largest absolute Gasteiger partial charge is 0.480 e. The molecule has 0 unspecified atom stereocenters. The fourth-order valence-electron chi connectivity index (χ4n) is 0.955. The topological polar surface area (TPSA) is 55.8 Å². The average Bonchev–Trinajstić information content (AvgIpc) is 2.26. The van der Waals surface area contributed by atoms with Crippen LogP contribution in [-0.4, -0.2) is 24.8 Å². The molecule has 0 spiro atoms. The van der Waals surface area contributed by atoms with E-state index in [-0.39, 0.29) is 13.2 Å². The Labute approximate surface area is 92.4 Å². The van der Waals surface area contributed by atoms with Gasteiger partial charge in [-0.3, -0.25) is 0 Å². The van der Waals surface area contributed by atoms with Crippen LogP contribution in [0.25, 0.3) is 0 Å². The van der Waals surface area contributed by atoms with Gasteiger partial charge in [0.25, 0.3) is 0 Å². The average molecular weight is 231 g/mol. The maximum Gasteiger partial charge on any atom is 0.343 e. The summed E-state index contributed by atoms with van der Waals surface area (Å²) in [6, 6.07) is 4.84. The number of benzene rings is 1. The summed E-state index contributed by atoms with van der Waals surface area (Å²) in [7, 11) is 1.28. The summed E-state index contributed by atoms with van der Waals surface area (Å²) in [5, 5.41) is 9.19. The number of aliphatic hydroxyl groups is 1.